The Morgan fingerprint density at radius 3 is 2.33 bits per heavy atom. The maximum atomic E-state index is 6.57. The minimum atomic E-state index is -0.283. The monoisotopic (exact) mass is 337 g/mol. The molecule has 1 saturated carbocycles. The van der Waals surface area contributed by atoms with Crippen LogP contribution in [-0.2, 0) is 9.47 Å². The second-order valence-corrected chi connectivity index (χ2v) is 9.67. The maximum Gasteiger partial charge on any atom is 0.171 e. The van der Waals surface area contributed by atoms with Gasteiger partial charge in [-0.1, -0.05) is 47.0 Å². The first-order valence-electron chi connectivity index (χ1n) is 10.4. The summed E-state index contributed by atoms with van der Waals surface area (Å²) in [4.78, 5) is 2.62. The molecular formula is C21H39NO2. The summed E-state index contributed by atoms with van der Waals surface area (Å²) in [5, 5.41) is 0. The van der Waals surface area contributed by atoms with E-state index < -0.39 is 0 Å². The van der Waals surface area contributed by atoms with Crippen LogP contribution >= 0.6 is 0 Å². The highest BCUT2D eigenvalue weighted by molar-refractivity contribution is 4.93. The van der Waals surface area contributed by atoms with Gasteiger partial charge in [0.15, 0.2) is 5.79 Å². The Kier molecular flexibility index (Phi) is 5.94. The van der Waals surface area contributed by atoms with Gasteiger partial charge in [-0.25, -0.2) is 0 Å². The molecule has 2 aliphatic heterocycles. The van der Waals surface area contributed by atoms with Crippen LogP contribution in [-0.4, -0.2) is 43.0 Å². The third-order valence-electron chi connectivity index (χ3n) is 6.75. The molecule has 0 amide bonds. The van der Waals surface area contributed by atoms with Crippen molar-refractivity contribution in [2.24, 2.45) is 17.3 Å². The van der Waals surface area contributed by atoms with E-state index in [9.17, 15) is 0 Å². The van der Waals surface area contributed by atoms with Crippen molar-refractivity contribution in [2.75, 3.05) is 26.2 Å². The molecule has 2 heterocycles. The Bertz CT molecular complexity index is 397. The van der Waals surface area contributed by atoms with E-state index >= 15 is 0 Å². The summed E-state index contributed by atoms with van der Waals surface area (Å²) in [6, 6.07) is 0. The molecule has 3 rings (SSSR count). The van der Waals surface area contributed by atoms with Crippen LogP contribution in [0.15, 0.2) is 0 Å². The molecular weight excluding hydrogens is 298 g/mol. The predicted molar refractivity (Wildman–Crippen MR) is 99.0 cm³/mol. The van der Waals surface area contributed by atoms with Gasteiger partial charge < -0.3 is 14.4 Å². The molecule has 140 valence electrons. The predicted octanol–water partition coefficient (Wildman–Crippen LogP) is 4.85. The van der Waals surface area contributed by atoms with E-state index in [2.05, 4.69) is 32.6 Å². The lowest BCUT2D eigenvalue weighted by Gasteiger charge is -2.45. The summed E-state index contributed by atoms with van der Waals surface area (Å²) in [5.74, 6) is 1.02. The van der Waals surface area contributed by atoms with Crippen LogP contribution in [0.4, 0.5) is 0 Å². The van der Waals surface area contributed by atoms with Crippen molar-refractivity contribution in [3.63, 3.8) is 0 Å². The summed E-state index contributed by atoms with van der Waals surface area (Å²) >= 11 is 0. The van der Waals surface area contributed by atoms with E-state index in [-0.39, 0.29) is 11.9 Å². The van der Waals surface area contributed by atoms with Crippen molar-refractivity contribution in [1.29, 1.82) is 0 Å². The average Bonchev–Trinajstić information content (AvgIpc) is 2.88. The molecule has 4 unspecified atom stereocenters. The third kappa shape index (κ3) is 4.34. The first-order valence-corrected chi connectivity index (χ1v) is 10.4. The largest absolute Gasteiger partial charge is 0.347 e. The van der Waals surface area contributed by atoms with Crippen molar-refractivity contribution < 1.29 is 9.47 Å². The number of nitrogens with zero attached hydrogens (tertiary/aromatic N) is 1. The number of likely N-dealkylation sites (tertiary alicyclic amines) is 1. The van der Waals surface area contributed by atoms with E-state index in [1.54, 1.807) is 0 Å². The second kappa shape index (κ2) is 7.63. The van der Waals surface area contributed by atoms with Gasteiger partial charge in [0.1, 0.15) is 0 Å². The number of rotatable bonds is 2. The van der Waals surface area contributed by atoms with Gasteiger partial charge in [-0.3, -0.25) is 0 Å². The van der Waals surface area contributed by atoms with Crippen LogP contribution in [0.2, 0.25) is 0 Å². The van der Waals surface area contributed by atoms with Gasteiger partial charge in [-0.05, 0) is 50.1 Å². The molecule has 1 aliphatic carbocycles. The highest BCUT2D eigenvalue weighted by Crippen LogP contribution is 2.48. The Balaban J connectivity index is 1.53. The standard InChI is InChI=1S/C21H39NO2/c1-17-14-18(20(2,3)4)10-11-21(17)23-16-19(24-21)15-22-12-8-6-5-7-9-13-22/h17-19H,5-16H2,1-4H3. The van der Waals surface area contributed by atoms with Crippen LogP contribution in [0.25, 0.3) is 0 Å². The lowest BCUT2D eigenvalue weighted by atomic mass is 9.67. The third-order valence-corrected chi connectivity index (χ3v) is 6.75. The topological polar surface area (TPSA) is 21.7 Å². The number of hydrogen-bond donors (Lipinski definition) is 0. The zero-order valence-electron chi connectivity index (χ0n) is 16.5. The number of hydrogen-bond acceptors (Lipinski definition) is 3. The summed E-state index contributed by atoms with van der Waals surface area (Å²) < 4.78 is 12.9. The molecule has 24 heavy (non-hydrogen) atoms. The Hall–Kier alpha value is -0.120. The minimum Gasteiger partial charge on any atom is -0.347 e. The molecule has 0 radical (unpaired) electrons. The summed E-state index contributed by atoms with van der Waals surface area (Å²) in [6.45, 7) is 13.8. The highest BCUT2D eigenvalue weighted by Gasteiger charge is 2.50. The fourth-order valence-corrected chi connectivity index (χ4v) is 4.98. The van der Waals surface area contributed by atoms with Crippen molar-refractivity contribution in [3.05, 3.63) is 0 Å². The molecule has 3 aliphatic rings. The molecule has 3 heteroatoms. The highest BCUT2D eigenvalue weighted by atomic mass is 16.7. The second-order valence-electron chi connectivity index (χ2n) is 9.67. The van der Waals surface area contributed by atoms with Crippen LogP contribution in [0, 0.1) is 17.3 Å². The summed E-state index contributed by atoms with van der Waals surface area (Å²) in [6.07, 6.45) is 10.7. The lowest BCUT2D eigenvalue weighted by molar-refractivity contribution is -0.228. The summed E-state index contributed by atoms with van der Waals surface area (Å²) in [7, 11) is 0. The smallest absolute Gasteiger partial charge is 0.171 e. The van der Waals surface area contributed by atoms with Gasteiger partial charge in [-0.15, -0.1) is 0 Å². The van der Waals surface area contributed by atoms with E-state index in [0.717, 1.165) is 25.5 Å². The van der Waals surface area contributed by atoms with Gasteiger partial charge >= 0.3 is 0 Å². The molecule has 1 spiro atoms. The Morgan fingerprint density at radius 2 is 1.71 bits per heavy atom. The van der Waals surface area contributed by atoms with E-state index in [1.165, 1.54) is 58.0 Å². The fraction of sp³-hybridized carbons (Fsp3) is 1.00. The van der Waals surface area contributed by atoms with Crippen LogP contribution in [0.3, 0.4) is 0 Å². The molecule has 3 fully saturated rings. The Labute approximate surface area is 149 Å². The quantitative estimate of drug-likeness (QED) is 0.719. The molecule has 4 atom stereocenters. The Morgan fingerprint density at radius 1 is 1.04 bits per heavy atom. The molecule has 0 aromatic carbocycles. The summed E-state index contributed by atoms with van der Waals surface area (Å²) in [5.41, 5.74) is 0.401. The molecule has 3 nitrogen and oxygen atoms in total. The average molecular weight is 338 g/mol. The van der Waals surface area contributed by atoms with Gasteiger partial charge in [-0.2, -0.15) is 0 Å². The lowest BCUT2D eigenvalue weighted by Crippen LogP contribution is -2.46. The fourth-order valence-electron chi connectivity index (χ4n) is 4.98. The van der Waals surface area contributed by atoms with Crippen LogP contribution in [0.5, 0.6) is 0 Å². The van der Waals surface area contributed by atoms with E-state index in [4.69, 9.17) is 9.47 Å². The van der Waals surface area contributed by atoms with Crippen LogP contribution < -0.4 is 0 Å². The van der Waals surface area contributed by atoms with E-state index in [0.29, 0.717) is 11.3 Å². The van der Waals surface area contributed by atoms with Crippen molar-refractivity contribution in [2.45, 2.75) is 91.0 Å². The molecule has 0 aromatic heterocycles. The van der Waals surface area contributed by atoms with Crippen LogP contribution in [0.1, 0.15) is 79.1 Å². The van der Waals surface area contributed by atoms with Gasteiger partial charge in [0.05, 0.1) is 12.7 Å². The van der Waals surface area contributed by atoms with Gasteiger partial charge in [0, 0.05) is 18.9 Å². The zero-order chi connectivity index (χ0) is 17.2. The molecule has 0 bridgehead atoms. The normalized spacial score (nSPS) is 39.8. The maximum absolute atomic E-state index is 6.57. The number of ether oxygens (including phenoxy) is 2. The van der Waals surface area contributed by atoms with Crippen molar-refractivity contribution >= 4 is 0 Å². The van der Waals surface area contributed by atoms with Gasteiger partial charge in [0.25, 0.3) is 0 Å². The van der Waals surface area contributed by atoms with E-state index in [1.807, 2.05) is 0 Å². The molecule has 2 saturated heterocycles. The molecule has 0 aromatic rings. The first-order chi connectivity index (χ1) is 11.4. The van der Waals surface area contributed by atoms with Crippen molar-refractivity contribution in [1.82, 2.24) is 4.90 Å². The SMILES string of the molecule is CC1CC(C(C)(C)C)CCC12OCC(CN1CCCCCCC1)O2. The molecule has 0 N–H and O–H groups in total. The van der Waals surface area contributed by atoms with Crippen molar-refractivity contribution in [3.8, 4) is 0 Å². The van der Waals surface area contributed by atoms with Gasteiger partial charge in [0.2, 0.25) is 0 Å². The minimum absolute atomic E-state index is 0.276. The zero-order valence-corrected chi connectivity index (χ0v) is 16.5. The first kappa shape index (κ1) is 18.7.